The Kier molecular flexibility index (Phi) is 2.50. The van der Waals surface area contributed by atoms with Gasteiger partial charge in [-0.05, 0) is 24.3 Å². The molecule has 0 radical (unpaired) electrons. The van der Waals surface area contributed by atoms with E-state index < -0.39 is 6.10 Å². The number of anilines is 1. The van der Waals surface area contributed by atoms with Crippen LogP contribution in [0, 0.1) is 0 Å². The minimum atomic E-state index is -0.770. The van der Waals surface area contributed by atoms with Crippen molar-refractivity contribution in [3.63, 3.8) is 0 Å². The quantitative estimate of drug-likeness (QED) is 0.735. The second-order valence-electron chi connectivity index (χ2n) is 3.43. The first-order chi connectivity index (χ1) is 7.09. The zero-order valence-electron chi connectivity index (χ0n) is 7.98. The molecule has 1 fully saturated rings. The normalized spacial score (nSPS) is 21.2. The SMILES string of the molecule is C=C1C(=O)N(c2ccc(Cl)cc2)C[C@@H]1O. The van der Waals surface area contributed by atoms with Crippen molar-refractivity contribution in [3.8, 4) is 0 Å². The molecule has 2 rings (SSSR count). The van der Waals surface area contributed by atoms with Crippen molar-refractivity contribution in [3.05, 3.63) is 41.4 Å². The van der Waals surface area contributed by atoms with Crippen LogP contribution in [-0.2, 0) is 4.79 Å². The van der Waals surface area contributed by atoms with Gasteiger partial charge in [-0.25, -0.2) is 0 Å². The summed E-state index contributed by atoms with van der Waals surface area (Å²) in [6.07, 6.45) is -0.770. The van der Waals surface area contributed by atoms with Gasteiger partial charge < -0.3 is 10.0 Å². The van der Waals surface area contributed by atoms with E-state index in [1.165, 1.54) is 4.90 Å². The summed E-state index contributed by atoms with van der Waals surface area (Å²) in [5.41, 5.74) is 0.965. The lowest BCUT2D eigenvalue weighted by Gasteiger charge is -2.14. The van der Waals surface area contributed by atoms with Crippen LogP contribution in [0.15, 0.2) is 36.4 Å². The van der Waals surface area contributed by atoms with Crippen LogP contribution in [0.3, 0.4) is 0 Å². The molecular weight excluding hydrogens is 214 g/mol. The monoisotopic (exact) mass is 223 g/mol. The van der Waals surface area contributed by atoms with Gasteiger partial charge in [-0.15, -0.1) is 0 Å². The molecule has 1 amide bonds. The van der Waals surface area contributed by atoms with Crippen LogP contribution in [-0.4, -0.2) is 23.7 Å². The highest BCUT2D eigenvalue weighted by atomic mass is 35.5. The van der Waals surface area contributed by atoms with Gasteiger partial charge in [-0.3, -0.25) is 4.79 Å². The zero-order chi connectivity index (χ0) is 11.0. The summed E-state index contributed by atoms with van der Waals surface area (Å²) in [4.78, 5) is 13.1. The summed E-state index contributed by atoms with van der Waals surface area (Å²) in [5, 5.41) is 10.1. The number of carbonyl (C=O) groups is 1. The summed E-state index contributed by atoms with van der Waals surface area (Å²) in [6.45, 7) is 3.81. The first-order valence-electron chi connectivity index (χ1n) is 4.54. The fourth-order valence-electron chi connectivity index (χ4n) is 1.53. The number of nitrogens with zero attached hydrogens (tertiary/aromatic N) is 1. The Morgan fingerprint density at radius 3 is 2.47 bits per heavy atom. The number of aliphatic hydroxyl groups excluding tert-OH is 1. The van der Waals surface area contributed by atoms with E-state index in [0.29, 0.717) is 5.02 Å². The Morgan fingerprint density at radius 1 is 1.40 bits per heavy atom. The number of halogens is 1. The molecule has 15 heavy (non-hydrogen) atoms. The van der Waals surface area contributed by atoms with E-state index >= 15 is 0 Å². The molecule has 0 aromatic heterocycles. The largest absolute Gasteiger partial charge is 0.386 e. The van der Waals surface area contributed by atoms with Crippen molar-refractivity contribution in [2.45, 2.75) is 6.10 Å². The molecule has 1 aliphatic rings. The number of aliphatic hydroxyl groups is 1. The smallest absolute Gasteiger partial charge is 0.256 e. The van der Waals surface area contributed by atoms with E-state index in [1.54, 1.807) is 24.3 Å². The van der Waals surface area contributed by atoms with E-state index in [-0.39, 0.29) is 18.0 Å². The number of carbonyl (C=O) groups excluding carboxylic acids is 1. The number of hydrogen-bond donors (Lipinski definition) is 1. The van der Waals surface area contributed by atoms with Gasteiger partial charge in [0, 0.05) is 16.3 Å². The van der Waals surface area contributed by atoms with Crippen molar-refractivity contribution < 1.29 is 9.90 Å². The fraction of sp³-hybridized carbons (Fsp3) is 0.182. The maximum Gasteiger partial charge on any atom is 0.256 e. The minimum absolute atomic E-state index is 0.232. The molecule has 1 N–H and O–H groups in total. The van der Waals surface area contributed by atoms with E-state index in [9.17, 15) is 9.90 Å². The Hall–Kier alpha value is -1.32. The van der Waals surface area contributed by atoms with Gasteiger partial charge in [0.25, 0.3) is 5.91 Å². The highest BCUT2D eigenvalue weighted by Crippen LogP contribution is 2.25. The van der Waals surface area contributed by atoms with E-state index in [4.69, 9.17) is 11.6 Å². The highest BCUT2D eigenvalue weighted by Gasteiger charge is 2.32. The van der Waals surface area contributed by atoms with Crippen molar-refractivity contribution in [1.29, 1.82) is 0 Å². The molecular formula is C11H10ClNO2. The molecule has 1 aliphatic heterocycles. The third-order valence-electron chi connectivity index (χ3n) is 2.42. The maximum atomic E-state index is 11.6. The standard InChI is InChI=1S/C11H10ClNO2/c1-7-10(14)6-13(11(7)15)9-4-2-8(12)3-5-9/h2-5,10,14H,1,6H2/t10-/m0/s1. The van der Waals surface area contributed by atoms with Gasteiger partial charge in [-0.1, -0.05) is 18.2 Å². The van der Waals surface area contributed by atoms with Gasteiger partial charge in [-0.2, -0.15) is 0 Å². The molecule has 1 heterocycles. The van der Waals surface area contributed by atoms with Crippen LogP contribution < -0.4 is 4.90 Å². The Balaban J connectivity index is 2.29. The average Bonchev–Trinajstić information content (AvgIpc) is 2.47. The summed E-state index contributed by atoms with van der Waals surface area (Å²) in [6, 6.07) is 6.90. The Morgan fingerprint density at radius 2 is 2.00 bits per heavy atom. The summed E-state index contributed by atoms with van der Waals surface area (Å²) >= 11 is 5.74. The van der Waals surface area contributed by atoms with Crippen molar-refractivity contribution in [2.24, 2.45) is 0 Å². The number of rotatable bonds is 1. The van der Waals surface area contributed by atoms with Gasteiger partial charge in [0.2, 0.25) is 0 Å². The predicted molar refractivity (Wildman–Crippen MR) is 59.0 cm³/mol. The predicted octanol–water partition coefficient (Wildman–Crippen LogP) is 1.60. The zero-order valence-corrected chi connectivity index (χ0v) is 8.74. The first kappa shape index (κ1) is 10.2. The highest BCUT2D eigenvalue weighted by molar-refractivity contribution is 6.30. The Bertz CT molecular complexity index is 413. The molecule has 3 nitrogen and oxygen atoms in total. The van der Waals surface area contributed by atoms with Crippen LogP contribution in [0.1, 0.15) is 0 Å². The number of hydrogen-bond acceptors (Lipinski definition) is 2. The lowest BCUT2D eigenvalue weighted by Crippen LogP contribution is -2.25. The molecule has 0 aliphatic carbocycles. The van der Waals surface area contributed by atoms with Crippen LogP contribution >= 0.6 is 11.6 Å². The molecule has 0 bridgehead atoms. The first-order valence-corrected chi connectivity index (χ1v) is 4.91. The molecule has 1 atom stereocenters. The van der Waals surface area contributed by atoms with E-state index in [1.807, 2.05) is 0 Å². The van der Waals surface area contributed by atoms with Crippen LogP contribution in [0.25, 0.3) is 0 Å². The summed E-state index contributed by atoms with van der Waals surface area (Å²) in [5.74, 6) is -0.232. The fourth-order valence-corrected chi connectivity index (χ4v) is 1.65. The summed E-state index contributed by atoms with van der Waals surface area (Å²) in [7, 11) is 0. The topological polar surface area (TPSA) is 40.5 Å². The van der Waals surface area contributed by atoms with Crippen molar-refractivity contribution >= 4 is 23.2 Å². The van der Waals surface area contributed by atoms with E-state index in [0.717, 1.165) is 5.69 Å². The van der Waals surface area contributed by atoms with Crippen LogP contribution in [0.2, 0.25) is 5.02 Å². The molecule has 1 saturated heterocycles. The number of amides is 1. The third-order valence-corrected chi connectivity index (χ3v) is 2.67. The van der Waals surface area contributed by atoms with Crippen LogP contribution in [0.4, 0.5) is 5.69 Å². The average molecular weight is 224 g/mol. The van der Waals surface area contributed by atoms with Crippen molar-refractivity contribution in [2.75, 3.05) is 11.4 Å². The molecule has 78 valence electrons. The van der Waals surface area contributed by atoms with Crippen molar-refractivity contribution in [1.82, 2.24) is 0 Å². The van der Waals surface area contributed by atoms with Gasteiger partial charge in [0.1, 0.15) is 6.10 Å². The number of benzene rings is 1. The third kappa shape index (κ3) is 1.76. The maximum absolute atomic E-state index is 11.6. The molecule has 0 unspecified atom stereocenters. The van der Waals surface area contributed by atoms with Gasteiger partial charge >= 0.3 is 0 Å². The minimum Gasteiger partial charge on any atom is -0.386 e. The Labute approximate surface area is 92.6 Å². The summed E-state index contributed by atoms with van der Waals surface area (Å²) < 4.78 is 0. The molecule has 0 spiro atoms. The second-order valence-corrected chi connectivity index (χ2v) is 3.87. The molecule has 1 aromatic carbocycles. The molecule has 4 heteroatoms. The number of β-amino-alcohol motifs (C(OH)–C–C–N with tert-alkyl or cyclic N) is 1. The lowest BCUT2D eigenvalue weighted by molar-refractivity contribution is -0.114. The van der Waals surface area contributed by atoms with Crippen LogP contribution in [0.5, 0.6) is 0 Å². The molecule has 1 aromatic rings. The van der Waals surface area contributed by atoms with Gasteiger partial charge in [0.15, 0.2) is 0 Å². The van der Waals surface area contributed by atoms with Gasteiger partial charge in [0.05, 0.1) is 6.54 Å². The second kappa shape index (κ2) is 3.68. The van der Waals surface area contributed by atoms with E-state index in [2.05, 4.69) is 6.58 Å². The lowest BCUT2D eigenvalue weighted by atomic mass is 10.2. The molecule has 0 saturated carbocycles.